The van der Waals surface area contributed by atoms with Crippen molar-refractivity contribution >= 4 is 17.1 Å². The molecule has 1 spiro atoms. The number of fused-ring (bicyclic) bond motifs is 3. The molecule has 6 aliphatic rings. The van der Waals surface area contributed by atoms with Crippen molar-refractivity contribution in [1.29, 1.82) is 0 Å². The number of rotatable bonds is 5. The van der Waals surface area contributed by atoms with Gasteiger partial charge in [-0.1, -0.05) is 125 Å². The van der Waals surface area contributed by atoms with E-state index in [2.05, 4.69) is 172 Å². The first-order chi connectivity index (χ1) is 27.2. The lowest BCUT2D eigenvalue weighted by molar-refractivity contribution is -0.0451. The lowest BCUT2D eigenvalue weighted by atomic mass is 9.41. The van der Waals surface area contributed by atoms with Crippen molar-refractivity contribution in [3.05, 3.63) is 162 Å². The molecule has 4 saturated carbocycles. The van der Waals surface area contributed by atoms with Gasteiger partial charge in [-0.05, 0) is 155 Å². The Morgan fingerprint density at radius 2 is 1.02 bits per heavy atom. The van der Waals surface area contributed by atoms with Crippen LogP contribution in [0.3, 0.4) is 0 Å². The van der Waals surface area contributed by atoms with E-state index in [-0.39, 0.29) is 16.2 Å². The largest absolute Gasteiger partial charge is 0.455 e. The van der Waals surface area contributed by atoms with E-state index in [4.69, 9.17) is 4.74 Å². The Morgan fingerprint density at radius 1 is 0.464 bits per heavy atom. The monoisotopic (exact) mass is 731 g/mol. The zero-order valence-corrected chi connectivity index (χ0v) is 33.4. The van der Waals surface area contributed by atoms with E-state index in [0.29, 0.717) is 11.8 Å². The molecule has 5 aliphatic carbocycles. The summed E-state index contributed by atoms with van der Waals surface area (Å²) >= 11 is 0. The molecule has 0 amide bonds. The normalized spacial score (nSPS) is 25.9. The predicted molar refractivity (Wildman–Crippen MR) is 232 cm³/mol. The van der Waals surface area contributed by atoms with E-state index in [0.717, 1.165) is 34.7 Å². The number of para-hydroxylation sites is 1. The summed E-state index contributed by atoms with van der Waals surface area (Å²) in [6.45, 7) is 9.74. The van der Waals surface area contributed by atoms with Gasteiger partial charge in [0.2, 0.25) is 0 Å². The molecule has 4 fully saturated rings. The van der Waals surface area contributed by atoms with E-state index in [1.54, 1.807) is 0 Å². The Balaban J connectivity index is 1.20. The van der Waals surface area contributed by atoms with E-state index in [9.17, 15) is 0 Å². The summed E-state index contributed by atoms with van der Waals surface area (Å²) < 4.78 is 7.39. The van der Waals surface area contributed by atoms with Crippen LogP contribution in [0.2, 0.25) is 0 Å². The van der Waals surface area contributed by atoms with Gasteiger partial charge < -0.3 is 9.64 Å². The Labute approximate surface area is 333 Å². The SMILES string of the molecule is CC1(C)CCC(C)(C)c2cc(N(c3ccc(-c4ccccc4)cc3)c3cc(-c4ccccc4)cc4c3Oc3ccccc3C43C4CC5CC(C4)CC3C5)ccc21. The summed E-state index contributed by atoms with van der Waals surface area (Å²) in [6, 6.07) is 52.6. The fourth-order valence-corrected chi connectivity index (χ4v) is 12.5. The molecule has 0 N–H and O–H groups in total. The first kappa shape index (κ1) is 34.2. The first-order valence-electron chi connectivity index (χ1n) is 21.3. The van der Waals surface area contributed by atoms with Gasteiger partial charge in [0.25, 0.3) is 0 Å². The van der Waals surface area contributed by atoms with Crippen molar-refractivity contribution < 1.29 is 4.74 Å². The maximum atomic E-state index is 7.39. The van der Waals surface area contributed by atoms with Crippen molar-refractivity contribution in [3.8, 4) is 33.8 Å². The summed E-state index contributed by atoms with van der Waals surface area (Å²) in [5.41, 5.74) is 14.4. The molecule has 2 nitrogen and oxygen atoms in total. The lowest BCUT2D eigenvalue weighted by Crippen LogP contribution is -2.57. The third-order valence-corrected chi connectivity index (χ3v) is 15.2. The number of nitrogens with zero attached hydrogens (tertiary/aromatic N) is 1. The van der Waals surface area contributed by atoms with E-state index >= 15 is 0 Å². The average Bonchev–Trinajstić information content (AvgIpc) is 3.22. The maximum Gasteiger partial charge on any atom is 0.155 e. The standard InChI is InChI=1S/C54H53NO/c1-52(2)25-26-53(3,4)47-34-44(23-24-45(47)52)55(43-21-19-39(20-22-43)37-13-7-5-8-14-37)49-33-40(38-15-9-6-10-16-38)32-48-51(49)56-50-18-12-11-17-46(50)54(48)41-28-35-27-36(30-41)31-42(54)29-35/h5-24,32-36,41-42H,25-31H2,1-4H3. The van der Waals surface area contributed by atoms with Crippen molar-refractivity contribution in [2.45, 2.75) is 88.9 Å². The molecule has 4 bridgehead atoms. The van der Waals surface area contributed by atoms with Crippen molar-refractivity contribution in [2.75, 3.05) is 4.90 Å². The van der Waals surface area contributed by atoms with Crippen LogP contribution in [0.4, 0.5) is 17.1 Å². The second-order valence-electron chi connectivity index (χ2n) is 19.3. The minimum Gasteiger partial charge on any atom is -0.455 e. The zero-order valence-electron chi connectivity index (χ0n) is 33.4. The van der Waals surface area contributed by atoms with Crippen LogP contribution in [-0.2, 0) is 16.2 Å². The molecule has 2 heteroatoms. The first-order valence-corrected chi connectivity index (χ1v) is 21.3. The second-order valence-corrected chi connectivity index (χ2v) is 19.3. The minimum absolute atomic E-state index is 0.0676. The third-order valence-electron chi connectivity index (χ3n) is 15.2. The lowest BCUT2D eigenvalue weighted by Gasteiger charge is -2.63. The summed E-state index contributed by atoms with van der Waals surface area (Å²) in [7, 11) is 0. The van der Waals surface area contributed by atoms with Gasteiger partial charge >= 0.3 is 0 Å². The molecule has 1 heterocycles. The fourth-order valence-electron chi connectivity index (χ4n) is 12.5. The summed E-state index contributed by atoms with van der Waals surface area (Å²) in [5.74, 6) is 5.05. The smallest absolute Gasteiger partial charge is 0.155 e. The average molecular weight is 732 g/mol. The molecule has 0 saturated heterocycles. The number of hydrogen-bond acceptors (Lipinski definition) is 2. The van der Waals surface area contributed by atoms with Crippen LogP contribution in [0.1, 0.15) is 94.9 Å². The Kier molecular flexibility index (Phi) is 7.61. The van der Waals surface area contributed by atoms with Crippen LogP contribution in [0.15, 0.2) is 140 Å². The summed E-state index contributed by atoms with van der Waals surface area (Å²) in [5, 5.41) is 0. The molecule has 0 radical (unpaired) electrons. The third kappa shape index (κ3) is 5.13. The Morgan fingerprint density at radius 3 is 1.68 bits per heavy atom. The van der Waals surface area contributed by atoms with Gasteiger partial charge in [0.1, 0.15) is 5.75 Å². The van der Waals surface area contributed by atoms with Crippen molar-refractivity contribution in [1.82, 2.24) is 0 Å². The highest BCUT2D eigenvalue weighted by atomic mass is 16.5. The molecule has 12 rings (SSSR count). The van der Waals surface area contributed by atoms with Crippen LogP contribution in [-0.4, -0.2) is 0 Å². The highest BCUT2D eigenvalue weighted by Gasteiger charge is 2.61. The zero-order chi connectivity index (χ0) is 37.8. The molecule has 0 aromatic heterocycles. The quantitative estimate of drug-likeness (QED) is 0.175. The molecule has 6 aromatic rings. The second kappa shape index (κ2) is 12.5. The molecule has 0 atom stereocenters. The van der Waals surface area contributed by atoms with Crippen LogP contribution in [0, 0.1) is 23.7 Å². The number of anilines is 3. The van der Waals surface area contributed by atoms with E-state index < -0.39 is 0 Å². The van der Waals surface area contributed by atoms with Crippen LogP contribution in [0.25, 0.3) is 22.3 Å². The molecular weight excluding hydrogens is 679 g/mol. The van der Waals surface area contributed by atoms with Gasteiger partial charge in [-0.15, -0.1) is 0 Å². The number of ether oxygens (including phenoxy) is 1. The molecule has 56 heavy (non-hydrogen) atoms. The molecule has 6 aromatic carbocycles. The topological polar surface area (TPSA) is 12.5 Å². The van der Waals surface area contributed by atoms with Gasteiger partial charge in [0, 0.05) is 27.9 Å². The van der Waals surface area contributed by atoms with Crippen LogP contribution in [0.5, 0.6) is 11.5 Å². The molecular formula is C54H53NO. The van der Waals surface area contributed by atoms with Crippen LogP contribution >= 0.6 is 0 Å². The predicted octanol–water partition coefficient (Wildman–Crippen LogP) is 14.7. The minimum atomic E-state index is -0.0676. The van der Waals surface area contributed by atoms with E-state index in [1.165, 1.54) is 95.1 Å². The van der Waals surface area contributed by atoms with Crippen molar-refractivity contribution in [3.63, 3.8) is 0 Å². The maximum absolute atomic E-state index is 7.39. The molecule has 1 aliphatic heterocycles. The Hall–Kier alpha value is -5.08. The van der Waals surface area contributed by atoms with Gasteiger partial charge in [-0.3, -0.25) is 0 Å². The summed E-state index contributed by atoms with van der Waals surface area (Å²) in [4.78, 5) is 2.54. The van der Waals surface area contributed by atoms with Gasteiger partial charge in [0.15, 0.2) is 5.75 Å². The van der Waals surface area contributed by atoms with E-state index in [1.807, 2.05) is 0 Å². The summed E-state index contributed by atoms with van der Waals surface area (Å²) in [6.07, 6.45) is 9.11. The van der Waals surface area contributed by atoms with Crippen molar-refractivity contribution in [2.24, 2.45) is 23.7 Å². The highest BCUT2D eigenvalue weighted by molar-refractivity contribution is 5.88. The van der Waals surface area contributed by atoms with Gasteiger partial charge in [-0.2, -0.15) is 0 Å². The number of hydrogen-bond donors (Lipinski definition) is 0. The van der Waals surface area contributed by atoms with Crippen LogP contribution < -0.4 is 9.64 Å². The van der Waals surface area contributed by atoms with Gasteiger partial charge in [-0.25, -0.2) is 0 Å². The molecule has 280 valence electrons. The number of benzene rings is 6. The Bertz CT molecular complexity index is 2430. The van der Waals surface area contributed by atoms with Gasteiger partial charge in [0.05, 0.1) is 5.69 Å². The highest BCUT2D eigenvalue weighted by Crippen LogP contribution is 2.70. The fraction of sp³-hybridized carbons (Fsp3) is 0.333. The molecule has 0 unspecified atom stereocenters.